The van der Waals surface area contributed by atoms with Crippen LogP contribution in [0.4, 0.5) is 5.82 Å². The van der Waals surface area contributed by atoms with E-state index in [4.69, 9.17) is 14.7 Å². The summed E-state index contributed by atoms with van der Waals surface area (Å²) in [6, 6.07) is 0. The predicted octanol–water partition coefficient (Wildman–Crippen LogP) is 3.95. The third kappa shape index (κ3) is 3.61. The molecule has 4 nitrogen and oxygen atoms in total. The van der Waals surface area contributed by atoms with Gasteiger partial charge in [0.1, 0.15) is 11.6 Å². The molecule has 0 amide bonds. The molecule has 0 spiro atoms. The van der Waals surface area contributed by atoms with Gasteiger partial charge in [-0.2, -0.15) is 0 Å². The summed E-state index contributed by atoms with van der Waals surface area (Å²) in [7, 11) is 1.72. The third-order valence-corrected chi connectivity index (χ3v) is 5.18. The molecule has 20 heavy (non-hydrogen) atoms. The standard InChI is InChI=1S/C15H24IN3O/c1-4-10-6-7-11(8-10)14-18-12(9-20-3)13(16)15(19-14)17-5-2/h10-11H,4-9H2,1-3H3,(H,17,18,19). The minimum Gasteiger partial charge on any atom is -0.378 e. The Morgan fingerprint density at radius 2 is 2.10 bits per heavy atom. The van der Waals surface area contributed by atoms with Gasteiger partial charge in [-0.1, -0.05) is 13.3 Å². The Bertz CT molecular complexity index is 426. The fraction of sp³-hybridized carbons (Fsp3) is 0.733. The van der Waals surface area contributed by atoms with Crippen molar-refractivity contribution in [1.82, 2.24) is 9.97 Å². The van der Waals surface area contributed by atoms with Crippen LogP contribution in [0, 0.1) is 9.49 Å². The lowest BCUT2D eigenvalue weighted by atomic mass is 10.0. The molecule has 0 bridgehead atoms. The zero-order valence-electron chi connectivity index (χ0n) is 12.6. The Hall–Kier alpha value is -0.430. The van der Waals surface area contributed by atoms with Gasteiger partial charge >= 0.3 is 0 Å². The maximum atomic E-state index is 5.28. The molecule has 2 atom stereocenters. The van der Waals surface area contributed by atoms with Crippen molar-refractivity contribution in [2.45, 2.75) is 52.1 Å². The van der Waals surface area contributed by atoms with E-state index in [2.05, 4.69) is 41.8 Å². The van der Waals surface area contributed by atoms with Crippen molar-refractivity contribution in [1.29, 1.82) is 0 Å². The van der Waals surface area contributed by atoms with E-state index in [1.807, 2.05) is 0 Å². The first-order chi connectivity index (χ1) is 9.69. The van der Waals surface area contributed by atoms with E-state index in [0.29, 0.717) is 12.5 Å². The number of methoxy groups -OCH3 is 1. The normalized spacial score (nSPS) is 22.2. The van der Waals surface area contributed by atoms with Gasteiger partial charge < -0.3 is 10.1 Å². The fourth-order valence-electron chi connectivity index (χ4n) is 2.89. The average Bonchev–Trinajstić information content (AvgIpc) is 2.92. The molecule has 0 aromatic carbocycles. The van der Waals surface area contributed by atoms with Gasteiger partial charge in [-0.15, -0.1) is 0 Å². The second-order valence-electron chi connectivity index (χ2n) is 5.44. The van der Waals surface area contributed by atoms with Crippen LogP contribution >= 0.6 is 22.6 Å². The van der Waals surface area contributed by atoms with Crippen LogP contribution in [0.15, 0.2) is 0 Å². The zero-order chi connectivity index (χ0) is 14.5. The van der Waals surface area contributed by atoms with Crippen LogP contribution in [-0.4, -0.2) is 23.6 Å². The molecule has 5 heteroatoms. The van der Waals surface area contributed by atoms with Gasteiger partial charge in [-0.25, -0.2) is 9.97 Å². The summed E-state index contributed by atoms with van der Waals surface area (Å²) in [5.41, 5.74) is 1.01. The van der Waals surface area contributed by atoms with Gasteiger partial charge in [0.25, 0.3) is 0 Å². The first kappa shape index (κ1) is 15.9. The lowest BCUT2D eigenvalue weighted by Gasteiger charge is -2.15. The molecular weight excluding hydrogens is 365 g/mol. The van der Waals surface area contributed by atoms with Crippen LogP contribution in [0.1, 0.15) is 57.0 Å². The zero-order valence-corrected chi connectivity index (χ0v) is 14.7. The maximum absolute atomic E-state index is 5.28. The van der Waals surface area contributed by atoms with Crippen LogP contribution in [0.25, 0.3) is 0 Å². The molecular formula is C15H24IN3O. The molecule has 112 valence electrons. The summed E-state index contributed by atoms with van der Waals surface area (Å²) in [6.07, 6.45) is 5.03. The summed E-state index contributed by atoms with van der Waals surface area (Å²) in [4.78, 5) is 9.54. The topological polar surface area (TPSA) is 47.0 Å². The first-order valence-electron chi connectivity index (χ1n) is 7.48. The molecule has 1 aliphatic carbocycles. The van der Waals surface area contributed by atoms with Gasteiger partial charge in [0.2, 0.25) is 0 Å². The van der Waals surface area contributed by atoms with E-state index in [1.54, 1.807) is 7.11 Å². The number of ether oxygens (including phenoxy) is 1. The van der Waals surface area contributed by atoms with Crippen molar-refractivity contribution < 1.29 is 4.74 Å². The monoisotopic (exact) mass is 389 g/mol. The van der Waals surface area contributed by atoms with Crippen molar-refractivity contribution in [3.05, 3.63) is 15.1 Å². The van der Waals surface area contributed by atoms with Gasteiger partial charge in [-0.3, -0.25) is 0 Å². The van der Waals surface area contributed by atoms with E-state index in [9.17, 15) is 0 Å². The minimum absolute atomic E-state index is 0.518. The summed E-state index contributed by atoms with van der Waals surface area (Å²) in [5, 5.41) is 3.35. The van der Waals surface area contributed by atoms with E-state index < -0.39 is 0 Å². The van der Waals surface area contributed by atoms with Gasteiger partial charge in [0.05, 0.1) is 15.9 Å². The molecule has 1 aromatic heterocycles. The molecule has 0 radical (unpaired) electrons. The molecule has 1 aromatic rings. The van der Waals surface area contributed by atoms with Crippen LogP contribution in [0.2, 0.25) is 0 Å². The second kappa shape index (κ2) is 7.54. The Labute approximate surface area is 135 Å². The number of anilines is 1. The molecule has 1 fully saturated rings. The van der Waals surface area contributed by atoms with Crippen LogP contribution < -0.4 is 5.32 Å². The molecule has 1 heterocycles. The first-order valence-corrected chi connectivity index (χ1v) is 8.56. The van der Waals surface area contributed by atoms with E-state index in [-0.39, 0.29) is 0 Å². The minimum atomic E-state index is 0.518. The Morgan fingerprint density at radius 1 is 1.30 bits per heavy atom. The number of hydrogen-bond acceptors (Lipinski definition) is 4. The number of rotatable bonds is 6. The van der Waals surface area contributed by atoms with Gasteiger partial charge in [0.15, 0.2) is 0 Å². The lowest BCUT2D eigenvalue weighted by molar-refractivity contribution is 0.180. The molecule has 2 rings (SSSR count). The Morgan fingerprint density at radius 3 is 2.70 bits per heavy atom. The number of nitrogens with zero attached hydrogens (tertiary/aromatic N) is 2. The molecule has 0 aliphatic heterocycles. The van der Waals surface area contributed by atoms with E-state index in [1.165, 1.54) is 25.7 Å². The van der Waals surface area contributed by atoms with Crippen LogP contribution in [0.3, 0.4) is 0 Å². The summed E-state index contributed by atoms with van der Waals surface area (Å²) in [6.45, 7) is 5.80. The van der Waals surface area contributed by atoms with E-state index >= 15 is 0 Å². The molecule has 2 unspecified atom stereocenters. The highest BCUT2D eigenvalue weighted by molar-refractivity contribution is 14.1. The number of hydrogen-bond donors (Lipinski definition) is 1. The molecule has 1 saturated carbocycles. The van der Waals surface area contributed by atoms with Crippen LogP contribution in [0.5, 0.6) is 0 Å². The number of nitrogens with one attached hydrogen (secondary N) is 1. The maximum Gasteiger partial charge on any atom is 0.143 e. The third-order valence-electron chi connectivity index (χ3n) is 4.05. The molecule has 1 aliphatic rings. The number of halogens is 1. The SMILES string of the molecule is CCNc1nc(C2CCC(CC)C2)nc(COC)c1I. The quantitative estimate of drug-likeness (QED) is 0.749. The smallest absolute Gasteiger partial charge is 0.143 e. The highest BCUT2D eigenvalue weighted by atomic mass is 127. The van der Waals surface area contributed by atoms with Gasteiger partial charge in [0, 0.05) is 19.6 Å². The van der Waals surface area contributed by atoms with Crippen molar-refractivity contribution in [3.8, 4) is 0 Å². The Balaban J connectivity index is 2.28. The van der Waals surface area contributed by atoms with Gasteiger partial charge in [-0.05, 0) is 54.7 Å². The van der Waals surface area contributed by atoms with E-state index in [0.717, 1.165) is 33.4 Å². The van der Waals surface area contributed by atoms with Crippen molar-refractivity contribution in [2.24, 2.45) is 5.92 Å². The molecule has 0 saturated heterocycles. The summed E-state index contributed by atoms with van der Waals surface area (Å²) in [5.74, 6) is 3.33. The second-order valence-corrected chi connectivity index (χ2v) is 6.52. The van der Waals surface area contributed by atoms with Crippen LogP contribution in [-0.2, 0) is 11.3 Å². The fourth-order valence-corrected chi connectivity index (χ4v) is 3.48. The predicted molar refractivity (Wildman–Crippen MR) is 90.0 cm³/mol. The average molecular weight is 389 g/mol. The van der Waals surface area contributed by atoms with Crippen molar-refractivity contribution in [2.75, 3.05) is 19.0 Å². The largest absolute Gasteiger partial charge is 0.378 e. The summed E-state index contributed by atoms with van der Waals surface area (Å²) >= 11 is 2.31. The van der Waals surface area contributed by atoms with Crippen molar-refractivity contribution >= 4 is 28.4 Å². The van der Waals surface area contributed by atoms with Crippen molar-refractivity contribution in [3.63, 3.8) is 0 Å². The highest BCUT2D eigenvalue weighted by Crippen LogP contribution is 2.39. The summed E-state index contributed by atoms with van der Waals surface area (Å²) < 4.78 is 6.36. The highest BCUT2D eigenvalue weighted by Gasteiger charge is 2.28. The number of aromatic nitrogens is 2. The Kier molecular flexibility index (Phi) is 6.01. The lowest BCUT2D eigenvalue weighted by Crippen LogP contribution is -2.12. The molecule has 1 N–H and O–H groups in total.